The second kappa shape index (κ2) is 8.95. The van der Waals surface area contributed by atoms with Gasteiger partial charge in [-0.25, -0.2) is 14.3 Å². The maximum Gasteiger partial charge on any atom is 0.407 e. The molecule has 2 atom stereocenters. The van der Waals surface area contributed by atoms with Gasteiger partial charge in [0, 0.05) is 5.92 Å². The molecule has 31 heavy (non-hydrogen) atoms. The minimum atomic E-state index is -1.11. The number of benzene rings is 2. The second-order valence-corrected chi connectivity index (χ2v) is 7.58. The highest BCUT2D eigenvalue weighted by Gasteiger charge is 2.29. The number of tetrazole rings is 1. The number of carbonyl (C=O) groups is 2. The largest absolute Gasteiger partial charge is 0.480 e. The number of aliphatic carboxylic acids is 1. The van der Waals surface area contributed by atoms with Crippen LogP contribution in [0.5, 0.6) is 0 Å². The predicted molar refractivity (Wildman–Crippen MR) is 111 cm³/mol. The molecule has 0 saturated heterocycles. The van der Waals surface area contributed by atoms with Crippen LogP contribution in [0.2, 0.25) is 0 Å². The number of aromatic nitrogens is 4. The zero-order chi connectivity index (χ0) is 21.8. The van der Waals surface area contributed by atoms with Crippen LogP contribution in [0.3, 0.4) is 0 Å². The molecular weight excluding hydrogens is 398 g/mol. The fourth-order valence-electron chi connectivity index (χ4n) is 3.95. The van der Waals surface area contributed by atoms with Crippen molar-refractivity contribution in [2.45, 2.75) is 37.8 Å². The molecule has 1 heterocycles. The van der Waals surface area contributed by atoms with Gasteiger partial charge in [-0.2, -0.15) is 0 Å². The number of carboxylic acid groups (broad SMARTS) is 1. The number of carboxylic acids is 1. The molecule has 0 aliphatic heterocycles. The van der Waals surface area contributed by atoms with E-state index in [0.29, 0.717) is 6.42 Å². The molecule has 9 heteroatoms. The van der Waals surface area contributed by atoms with Gasteiger partial charge in [0.05, 0.1) is 6.04 Å². The monoisotopic (exact) mass is 421 g/mol. The van der Waals surface area contributed by atoms with Gasteiger partial charge in [0.15, 0.2) is 0 Å². The summed E-state index contributed by atoms with van der Waals surface area (Å²) in [5, 5.41) is 22.9. The Morgan fingerprint density at radius 3 is 2.32 bits per heavy atom. The Balaban J connectivity index is 1.36. The molecule has 1 aliphatic rings. The lowest BCUT2D eigenvalue weighted by molar-refractivity contribution is -0.139. The topological polar surface area (TPSA) is 119 Å². The van der Waals surface area contributed by atoms with Gasteiger partial charge in [-0.15, -0.1) is 5.10 Å². The third-order valence-corrected chi connectivity index (χ3v) is 5.62. The van der Waals surface area contributed by atoms with Gasteiger partial charge in [-0.05, 0) is 52.4 Å². The summed E-state index contributed by atoms with van der Waals surface area (Å²) in [5.41, 5.74) is 4.46. The molecule has 9 nitrogen and oxygen atoms in total. The number of alkyl carbamates (subject to hydrolysis) is 1. The van der Waals surface area contributed by atoms with Crippen LogP contribution in [-0.2, 0) is 9.53 Å². The van der Waals surface area contributed by atoms with Gasteiger partial charge in [0.25, 0.3) is 0 Å². The summed E-state index contributed by atoms with van der Waals surface area (Å²) < 4.78 is 7.00. The average molecular weight is 421 g/mol. The number of carbonyl (C=O) groups excluding carboxylic acids is 1. The van der Waals surface area contributed by atoms with Crippen molar-refractivity contribution in [2.24, 2.45) is 0 Å². The Hall–Kier alpha value is -3.75. The molecule has 1 aliphatic carbocycles. The first-order valence-corrected chi connectivity index (χ1v) is 10.1. The van der Waals surface area contributed by atoms with E-state index in [1.54, 1.807) is 4.68 Å². The van der Waals surface area contributed by atoms with Crippen molar-refractivity contribution in [2.75, 3.05) is 6.61 Å². The summed E-state index contributed by atoms with van der Waals surface area (Å²) in [4.78, 5) is 24.0. The molecule has 1 amide bonds. The van der Waals surface area contributed by atoms with Gasteiger partial charge < -0.3 is 15.2 Å². The van der Waals surface area contributed by atoms with Crippen LogP contribution in [0.1, 0.15) is 42.9 Å². The van der Waals surface area contributed by atoms with E-state index in [1.807, 2.05) is 43.3 Å². The van der Waals surface area contributed by atoms with E-state index in [1.165, 1.54) is 6.33 Å². The van der Waals surface area contributed by atoms with Crippen LogP contribution in [0.15, 0.2) is 54.9 Å². The Labute approximate surface area is 179 Å². The SMILES string of the molecule is CC(CC[C@H](NC(=O)OCC1c2ccccc2-c2ccccc21)C(=O)O)n1cnnn1. The van der Waals surface area contributed by atoms with Gasteiger partial charge in [-0.1, -0.05) is 48.5 Å². The number of ether oxygens (including phenoxy) is 1. The highest BCUT2D eigenvalue weighted by Crippen LogP contribution is 2.44. The minimum absolute atomic E-state index is 0.0822. The molecule has 3 aromatic rings. The third kappa shape index (κ3) is 4.40. The number of rotatable bonds is 8. The molecule has 2 aromatic carbocycles. The summed E-state index contributed by atoms with van der Waals surface area (Å²) in [6, 6.07) is 14.9. The highest BCUT2D eigenvalue weighted by molar-refractivity contribution is 5.81. The van der Waals surface area contributed by atoms with Crippen LogP contribution < -0.4 is 5.32 Å². The number of hydrogen-bond acceptors (Lipinski definition) is 6. The van der Waals surface area contributed by atoms with E-state index in [9.17, 15) is 14.7 Å². The fraction of sp³-hybridized carbons (Fsp3) is 0.318. The van der Waals surface area contributed by atoms with Crippen molar-refractivity contribution in [1.29, 1.82) is 0 Å². The Bertz CT molecular complexity index is 1020. The van der Waals surface area contributed by atoms with Crippen LogP contribution in [0.25, 0.3) is 11.1 Å². The first-order chi connectivity index (χ1) is 15.0. The minimum Gasteiger partial charge on any atom is -0.480 e. The maximum atomic E-state index is 12.4. The van der Waals surface area contributed by atoms with Crippen LogP contribution >= 0.6 is 0 Å². The van der Waals surface area contributed by atoms with Crippen LogP contribution in [0, 0.1) is 0 Å². The molecule has 0 spiro atoms. The molecule has 0 fully saturated rings. The standard InChI is InChI=1S/C22H23N5O4/c1-14(27-13-23-25-26-27)10-11-20(21(28)29)24-22(30)31-12-19-17-8-4-2-6-15(17)16-7-3-5-9-18(16)19/h2-9,13-14,19-20H,10-12H2,1H3,(H,24,30)(H,28,29)/t14?,20-/m0/s1. The van der Waals surface area contributed by atoms with Crippen molar-refractivity contribution in [3.8, 4) is 11.1 Å². The number of nitrogens with zero attached hydrogens (tertiary/aromatic N) is 4. The number of fused-ring (bicyclic) bond motifs is 3. The molecule has 160 valence electrons. The van der Waals surface area contributed by atoms with Crippen molar-refractivity contribution in [3.63, 3.8) is 0 Å². The van der Waals surface area contributed by atoms with Gasteiger partial charge in [-0.3, -0.25) is 0 Å². The molecule has 4 rings (SSSR count). The molecular formula is C22H23N5O4. The predicted octanol–water partition coefficient (Wildman–Crippen LogP) is 3.01. The number of nitrogens with one attached hydrogen (secondary N) is 1. The molecule has 1 aromatic heterocycles. The maximum absolute atomic E-state index is 12.4. The summed E-state index contributed by atoms with van der Waals surface area (Å²) in [6.45, 7) is 2.01. The summed E-state index contributed by atoms with van der Waals surface area (Å²) in [7, 11) is 0. The quantitative estimate of drug-likeness (QED) is 0.574. The van der Waals surface area contributed by atoms with Gasteiger partial charge in [0.2, 0.25) is 0 Å². The summed E-state index contributed by atoms with van der Waals surface area (Å²) in [6.07, 6.45) is 1.43. The van der Waals surface area contributed by atoms with Crippen molar-refractivity contribution < 1.29 is 19.4 Å². The lowest BCUT2D eigenvalue weighted by Gasteiger charge is -2.18. The third-order valence-electron chi connectivity index (χ3n) is 5.62. The van der Waals surface area contributed by atoms with E-state index < -0.39 is 18.1 Å². The second-order valence-electron chi connectivity index (χ2n) is 7.58. The van der Waals surface area contributed by atoms with Crippen molar-refractivity contribution in [1.82, 2.24) is 25.5 Å². The van der Waals surface area contributed by atoms with Gasteiger partial charge in [0.1, 0.15) is 19.0 Å². The summed E-state index contributed by atoms with van der Waals surface area (Å²) >= 11 is 0. The smallest absolute Gasteiger partial charge is 0.407 e. The zero-order valence-electron chi connectivity index (χ0n) is 17.0. The zero-order valence-corrected chi connectivity index (χ0v) is 17.0. The van der Waals surface area contributed by atoms with E-state index in [0.717, 1.165) is 22.3 Å². The Morgan fingerprint density at radius 1 is 1.10 bits per heavy atom. The normalized spacial score (nSPS) is 14.4. The lowest BCUT2D eigenvalue weighted by atomic mass is 9.98. The lowest BCUT2D eigenvalue weighted by Crippen LogP contribution is -2.41. The molecule has 2 N–H and O–H groups in total. The van der Waals surface area contributed by atoms with E-state index in [4.69, 9.17) is 4.74 Å². The van der Waals surface area contributed by atoms with Gasteiger partial charge >= 0.3 is 12.1 Å². The van der Waals surface area contributed by atoms with Crippen molar-refractivity contribution >= 4 is 12.1 Å². The number of hydrogen-bond donors (Lipinski definition) is 2. The fourth-order valence-corrected chi connectivity index (χ4v) is 3.95. The Kier molecular flexibility index (Phi) is 5.92. The number of amides is 1. The van der Waals surface area contributed by atoms with Crippen LogP contribution in [0.4, 0.5) is 4.79 Å². The molecule has 0 bridgehead atoms. The van der Waals surface area contributed by atoms with E-state index >= 15 is 0 Å². The first-order valence-electron chi connectivity index (χ1n) is 10.1. The highest BCUT2D eigenvalue weighted by atomic mass is 16.5. The molecule has 0 saturated carbocycles. The van der Waals surface area contributed by atoms with Crippen LogP contribution in [-0.4, -0.2) is 50.0 Å². The molecule has 0 radical (unpaired) electrons. The summed E-state index contributed by atoms with van der Waals surface area (Å²) in [5.74, 6) is -1.20. The molecule has 1 unspecified atom stereocenters. The van der Waals surface area contributed by atoms with E-state index in [-0.39, 0.29) is 25.0 Å². The Morgan fingerprint density at radius 2 is 1.74 bits per heavy atom. The van der Waals surface area contributed by atoms with Crippen molar-refractivity contribution in [3.05, 3.63) is 66.0 Å². The van der Waals surface area contributed by atoms with E-state index in [2.05, 4.69) is 33.0 Å². The average Bonchev–Trinajstić information content (AvgIpc) is 3.42. The first kappa shape index (κ1) is 20.5.